The minimum absolute atomic E-state index is 0.0155. The van der Waals surface area contributed by atoms with Crippen LogP contribution in [-0.4, -0.2) is 11.7 Å². The van der Waals surface area contributed by atoms with Crippen LogP contribution >= 0.6 is 11.6 Å². The molecule has 0 saturated carbocycles. The van der Waals surface area contributed by atoms with Crippen LogP contribution in [0.15, 0.2) is 18.2 Å². The van der Waals surface area contributed by atoms with Crippen molar-refractivity contribution in [2.75, 3.05) is 5.32 Å². The molecule has 3 nitrogen and oxygen atoms in total. The Labute approximate surface area is 144 Å². The van der Waals surface area contributed by atoms with Crippen LogP contribution in [0.3, 0.4) is 0 Å². The van der Waals surface area contributed by atoms with Crippen molar-refractivity contribution in [3.05, 3.63) is 28.8 Å². The van der Waals surface area contributed by atoms with Crippen LogP contribution in [0.5, 0.6) is 0 Å². The topological polar surface area (TPSA) is 46.2 Å². The van der Waals surface area contributed by atoms with E-state index in [1.165, 1.54) is 32.1 Å². The molecule has 0 fully saturated rings. The van der Waals surface area contributed by atoms with Crippen LogP contribution in [0, 0.1) is 6.92 Å². The smallest absolute Gasteiger partial charge is 0.231 e. The molecule has 0 aliphatic rings. The number of halogens is 1. The second-order valence-electron chi connectivity index (χ2n) is 6.10. The average molecular weight is 338 g/mol. The lowest BCUT2D eigenvalue weighted by atomic mass is 10.1. The van der Waals surface area contributed by atoms with Crippen LogP contribution < -0.4 is 5.32 Å². The Balaban J connectivity index is 2.18. The average Bonchev–Trinajstić information content (AvgIpc) is 2.50. The summed E-state index contributed by atoms with van der Waals surface area (Å²) in [6.45, 7) is 4.08. The van der Waals surface area contributed by atoms with Gasteiger partial charge in [-0.2, -0.15) is 0 Å². The van der Waals surface area contributed by atoms with Gasteiger partial charge in [0.25, 0.3) is 0 Å². The summed E-state index contributed by atoms with van der Waals surface area (Å²) in [4.78, 5) is 23.7. The van der Waals surface area contributed by atoms with Crippen molar-refractivity contribution in [3.8, 4) is 0 Å². The molecule has 0 saturated heterocycles. The van der Waals surface area contributed by atoms with Gasteiger partial charge in [-0.15, -0.1) is 0 Å². The maximum absolute atomic E-state index is 11.9. The standard InChI is InChI=1S/C19H28ClNO2/c1-3-4-5-6-7-8-9-10-17(22)14-19(23)21-16-11-12-18(20)15(2)13-16/h11-13H,3-10,14H2,1-2H3,(H,21,23). The zero-order chi connectivity index (χ0) is 17.1. The number of Topliss-reactive ketones (excluding diaryl/α,β-unsaturated/α-hetero) is 1. The maximum Gasteiger partial charge on any atom is 0.231 e. The molecule has 0 aliphatic carbocycles. The van der Waals surface area contributed by atoms with Gasteiger partial charge in [-0.05, 0) is 37.1 Å². The van der Waals surface area contributed by atoms with E-state index in [4.69, 9.17) is 11.6 Å². The first-order chi connectivity index (χ1) is 11.0. The predicted octanol–water partition coefficient (Wildman–Crippen LogP) is 5.69. The zero-order valence-electron chi connectivity index (χ0n) is 14.3. The van der Waals surface area contributed by atoms with Gasteiger partial charge in [-0.1, -0.05) is 57.0 Å². The molecule has 0 bridgehead atoms. The number of ketones is 1. The van der Waals surface area contributed by atoms with Gasteiger partial charge in [0.1, 0.15) is 5.78 Å². The highest BCUT2D eigenvalue weighted by molar-refractivity contribution is 6.31. The number of unbranched alkanes of at least 4 members (excludes halogenated alkanes) is 6. The Morgan fingerprint density at radius 3 is 2.35 bits per heavy atom. The van der Waals surface area contributed by atoms with E-state index < -0.39 is 0 Å². The van der Waals surface area contributed by atoms with E-state index in [1.807, 2.05) is 6.92 Å². The maximum atomic E-state index is 11.9. The summed E-state index contributed by atoms with van der Waals surface area (Å²) in [6, 6.07) is 5.29. The van der Waals surface area contributed by atoms with Gasteiger partial charge in [0.2, 0.25) is 5.91 Å². The summed E-state index contributed by atoms with van der Waals surface area (Å²) in [7, 11) is 0. The molecule has 1 aromatic rings. The number of carbonyl (C=O) groups excluding carboxylic acids is 2. The molecule has 0 aromatic heterocycles. The monoisotopic (exact) mass is 337 g/mol. The van der Waals surface area contributed by atoms with Gasteiger partial charge in [0.15, 0.2) is 0 Å². The van der Waals surface area contributed by atoms with Crippen molar-refractivity contribution in [2.24, 2.45) is 0 Å². The normalized spacial score (nSPS) is 10.6. The SMILES string of the molecule is CCCCCCCCCC(=O)CC(=O)Nc1ccc(Cl)c(C)c1. The van der Waals surface area contributed by atoms with E-state index in [9.17, 15) is 9.59 Å². The van der Waals surface area contributed by atoms with Gasteiger partial charge in [0.05, 0.1) is 6.42 Å². The first kappa shape index (κ1) is 19.7. The highest BCUT2D eigenvalue weighted by Gasteiger charge is 2.10. The molecule has 0 unspecified atom stereocenters. The number of amides is 1. The first-order valence-electron chi connectivity index (χ1n) is 8.60. The zero-order valence-corrected chi connectivity index (χ0v) is 15.0. The fourth-order valence-electron chi connectivity index (χ4n) is 2.47. The highest BCUT2D eigenvalue weighted by Crippen LogP contribution is 2.19. The molecule has 1 rings (SSSR count). The number of anilines is 1. The van der Waals surface area contributed by atoms with Crippen molar-refractivity contribution in [1.82, 2.24) is 0 Å². The first-order valence-corrected chi connectivity index (χ1v) is 8.98. The molecule has 0 aliphatic heterocycles. The van der Waals surface area contributed by atoms with Crippen LogP contribution in [0.2, 0.25) is 5.02 Å². The second kappa shape index (κ2) is 11.2. The highest BCUT2D eigenvalue weighted by atomic mass is 35.5. The fraction of sp³-hybridized carbons (Fsp3) is 0.579. The third-order valence-corrected chi connectivity index (χ3v) is 4.28. The van der Waals surface area contributed by atoms with E-state index in [-0.39, 0.29) is 18.1 Å². The molecule has 1 amide bonds. The summed E-state index contributed by atoms with van der Waals surface area (Å²) in [5, 5.41) is 3.41. The molecule has 0 spiro atoms. The molecule has 1 N–H and O–H groups in total. The van der Waals surface area contributed by atoms with Gasteiger partial charge in [-0.25, -0.2) is 0 Å². The minimum atomic E-state index is -0.250. The van der Waals surface area contributed by atoms with E-state index in [2.05, 4.69) is 12.2 Å². The molecule has 0 heterocycles. The van der Waals surface area contributed by atoms with E-state index in [0.717, 1.165) is 18.4 Å². The number of benzene rings is 1. The van der Waals surface area contributed by atoms with E-state index in [1.54, 1.807) is 18.2 Å². The summed E-state index contributed by atoms with van der Waals surface area (Å²) >= 11 is 5.95. The number of carbonyl (C=O) groups is 2. The van der Waals surface area contributed by atoms with Crippen LogP contribution in [0.1, 0.15) is 70.3 Å². The van der Waals surface area contributed by atoms with Crippen molar-refractivity contribution in [3.63, 3.8) is 0 Å². The quantitative estimate of drug-likeness (QED) is 0.416. The van der Waals surface area contributed by atoms with E-state index >= 15 is 0 Å². The molecular formula is C19H28ClNO2. The number of aryl methyl sites for hydroxylation is 1. The van der Waals surface area contributed by atoms with E-state index in [0.29, 0.717) is 17.1 Å². The Kier molecular flexibility index (Phi) is 9.61. The summed E-state index contributed by atoms with van der Waals surface area (Å²) in [5.74, 6) is -0.235. The summed E-state index contributed by atoms with van der Waals surface area (Å²) in [5.41, 5.74) is 1.58. The van der Waals surface area contributed by atoms with Crippen molar-refractivity contribution in [1.29, 1.82) is 0 Å². The molecule has 128 valence electrons. The van der Waals surface area contributed by atoms with Crippen molar-refractivity contribution >= 4 is 29.0 Å². The lowest BCUT2D eigenvalue weighted by Crippen LogP contribution is -2.16. The Bertz CT molecular complexity index is 514. The second-order valence-corrected chi connectivity index (χ2v) is 6.51. The van der Waals surface area contributed by atoms with Crippen LogP contribution in [0.4, 0.5) is 5.69 Å². The Morgan fingerprint density at radius 1 is 1.04 bits per heavy atom. The fourth-order valence-corrected chi connectivity index (χ4v) is 2.59. The molecule has 4 heteroatoms. The molecule has 0 radical (unpaired) electrons. The number of nitrogens with one attached hydrogen (secondary N) is 1. The lowest BCUT2D eigenvalue weighted by molar-refractivity contribution is -0.125. The Morgan fingerprint density at radius 2 is 1.70 bits per heavy atom. The Hall–Kier alpha value is -1.35. The third kappa shape index (κ3) is 8.75. The van der Waals surface area contributed by atoms with Crippen molar-refractivity contribution < 1.29 is 9.59 Å². The largest absolute Gasteiger partial charge is 0.326 e. The molecule has 0 atom stereocenters. The van der Waals surface area contributed by atoms with Crippen LogP contribution in [-0.2, 0) is 9.59 Å². The van der Waals surface area contributed by atoms with Crippen molar-refractivity contribution in [2.45, 2.75) is 71.6 Å². The van der Waals surface area contributed by atoms with Gasteiger partial charge in [0, 0.05) is 17.1 Å². The predicted molar refractivity (Wildman–Crippen MR) is 97.1 cm³/mol. The minimum Gasteiger partial charge on any atom is -0.326 e. The molecular weight excluding hydrogens is 310 g/mol. The lowest BCUT2D eigenvalue weighted by Gasteiger charge is -2.07. The molecule has 1 aromatic carbocycles. The number of hydrogen-bond acceptors (Lipinski definition) is 2. The van der Waals surface area contributed by atoms with Gasteiger partial charge >= 0.3 is 0 Å². The number of rotatable bonds is 11. The summed E-state index contributed by atoms with van der Waals surface area (Å²) < 4.78 is 0. The molecule has 23 heavy (non-hydrogen) atoms. The van der Waals surface area contributed by atoms with Gasteiger partial charge in [-0.3, -0.25) is 9.59 Å². The van der Waals surface area contributed by atoms with Crippen LogP contribution in [0.25, 0.3) is 0 Å². The summed E-state index contributed by atoms with van der Waals surface area (Å²) in [6.07, 6.45) is 8.68. The third-order valence-electron chi connectivity index (χ3n) is 3.86. The van der Waals surface area contributed by atoms with Gasteiger partial charge < -0.3 is 5.32 Å². The number of hydrogen-bond donors (Lipinski definition) is 1.